The Morgan fingerprint density at radius 2 is 2.23 bits per heavy atom. The molecule has 3 N–H and O–H groups in total. The molecule has 76 valence electrons. The topological polar surface area (TPSA) is 62.9 Å². The maximum Gasteiger partial charge on any atom is 0.208 e. The largest absolute Gasteiger partial charge is 0.378 e. The quantitative estimate of drug-likeness (QED) is 0.265. The molecular formula is C8H18N4O. The van der Waals surface area contributed by atoms with Crippen LogP contribution in [0.3, 0.4) is 0 Å². The van der Waals surface area contributed by atoms with Gasteiger partial charge in [-0.05, 0) is 6.42 Å². The van der Waals surface area contributed by atoms with Crippen LogP contribution in [0, 0.1) is 0 Å². The van der Waals surface area contributed by atoms with Crippen molar-refractivity contribution in [2.24, 2.45) is 10.8 Å². The van der Waals surface area contributed by atoms with Crippen molar-refractivity contribution in [2.75, 3.05) is 32.8 Å². The molecule has 0 atom stereocenters. The molecule has 0 radical (unpaired) electrons. The zero-order valence-corrected chi connectivity index (χ0v) is 8.12. The van der Waals surface area contributed by atoms with E-state index < -0.39 is 0 Å². The second-order valence-electron chi connectivity index (χ2n) is 2.95. The first-order chi connectivity index (χ1) is 6.38. The molecule has 0 aromatic rings. The Kier molecular flexibility index (Phi) is 4.56. The van der Waals surface area contributed by atoms with Gasteiger partial charge >= 0.3 is 0 Å². The Morgan fingerprint density at radius 1 is 1.54 bits per heavy atom. The van der Waals surface area contributed by atoms with Gasteiger partial charge in [0.15, 0.2) is 0 Å². The number of rotatable bonds is 2. The Bertz CT molecular complexity index is 166. The van der Waals surface area contributed by atoms with Crippen molar-refractivity contribution < 1.29 is 4.74 Å². The summed E-state index contributed by atoms with van der Waals surface area (Å²) >= 11 is 0. The van der Waals surface area contributed by atoms with Crippen molar-refractivity contribution >= 4 is 5.96 Å². The smallest absolute Gasteiger partial charge is 0.208 e. The number of nitrogens with one attached hydrogen (secondary N) is 1. The van der Waals surface area contributed by atoms with Crippen molar-refractivity contribution in [3.8, 4) is 0 Å². The molecule has 0 saturated carbocycles. The van der Waals surface area contributed by atoms with Crippen LogP contribution in [-0.2, 0) is 4.74 Å². The summed E-state index contributed by atoms with van der Waals surface area (Å²) in [7, 11) is 0. The van der Waals surface area contributed by atoms with Crippen LogP contribution in [0.25, 0.3) is 0 Å². The van der Waals surface area contributed by atoms with Crippen LogP contribution in [-0.4, -0.2) is 43.7 Å². The zero-order valence-electron chi connectivity index (χ0n) is 8.12. The normalized spacial score (nSPS) is 18.9. The SMILES string of the molecule is CCCN=C(NN)N1CCOCC1. The summed E-state index contributed by atoms with van der Waals surface area (Å²) < 4.78 is 5.23. The van der Waals surface area contributed by atoms with Gasteiger partial charge in [-0.1, -0.05) is 6.92 Å². The Balaban J connectivity index is 2.43. The highest BCUT2D eigenvalue weighted by Crippen LogP contribution is 1.97. The number of ether oxygens (including phenoxy) is 1. The number of nitrogens with zero attached hydrogens (tertiary/aromatic N) is 2. The summed E-state index contributed by atoms with van der Waals surface area (Å²) in [5.41, 5.74) is 2.63. The number of hydrogen-bond donors (Lipinski definition) is 2. The molecule has 0 aliphatic carbocycles. The van der Waals surface area contributed by atoms with Crippen molar-refractivity contribution in [3.05, 3.63) is 0 Å². The molecule has 0 aromatic carbocycles. The van der Waals surface area contributed by atoms with Gasteiger partial charge in [-0.15, -0.1) is 0 Å². The zero-order chi connectivity index (χ0) is 9.52. The van der Waals surface area contributed by atoms with Gasteiger partial charge in [0, 0.05) is 19.6 Å². The second-order valence-corrected chi connectivity index (χ2v) is 2.95. The van der Waals surface area contributed by atoms with Gasteiger partial charge in [-0.25, -0.2) is 5.84 Å². The minimum atomic E-state index is 0.757. The predicted molar refractivity (Wildman–Crippen MR) is 52.3 cm³/mol. The van der Waals surface area contributed by atoms with Gasteiger partial charge in [0.2, 0.25) is 5.96 Å². The Morgan fingerprint density at radius 3 is 2.77 bits per heavy atom. The molecule has 0 aromatic heterocycles. The first-order valence-corrected chi connectivity index (χ1v) is 4.72. The number of hydrazine groups is 1. The molecule has 5 nitrogen and oxygen atoms in total. The van der Waals surface area contributed by atoms with Crippen LogP contribution in [0.1, 0.15) is 13.3 Å². The van der Waals surface area contributed by atoms with Crippen LogP contribution >= 0.6 is 0 Å². The molecular weight excluding hydrogens is 168 g/mol. The highest BCUT2D eigenvalue weighted by atomic mass is 16.5. The molecule has 1 rings (SSSR count). The number of hydrogen-bond acceptors (Lipinski definition) is 3. The van der Waals surface area contributed by atoms with Crippen LogP contribution in [0.15, 0.2) is 4.99 Å². The fourth-order valence-electron chi connectivity index (χ4n) is 1.23. The molecule has 13 heavy (non-hydrogen) atoms. The average Bonchev–Trinajstić information content (AvgIpc) is 2.21. The summed E-state index contributed by atoms with van der Waals surface area (Å²) in [6.07, 6.45) is 1.04. The van der Waals surface area contributed by atoms with Crippen molar-refractivity contribution in [1.82, 2.24) is 10.3 Å². The number of nitrogens with two attached hydrogens (primary N) is 1. The lowest BCUT2D eigenvalue weighted by Gasteiger charge is -2.29. The Labute approximate surface area is 78.9 Å². The van der Waals surface area contributed by atoms with E-state index in [9.17, 15) is 0 Å². The summed E-state index contributed by atoms with van der Waals surface area (Å²) in [4.78, 5) is 6.45. The summed E-state index contributed by atoms with van der Waals surface area (Å²) in [5, 5.41) is 0. The fraction of sp³-hybridized carbons (Fsp3) is 0.875. The highest BCUT2D eigenvalue weighted by Gasteiger charge is 2.13. The molecule has 1 heterocycles. The highest BCUT2D eigenvalue weighted by molar-refractivity contribution is 5.79. The third-order valence-electron chi connectivity index (χ3n) is 1.92. The minimum Gasteiger partial charge on any atom is -0.378 e. The predicted octanol–water partition coefficient (Wildman–Crippen LogP) is -0.452. The second kappa shape index (κ2) is 5.77. The summed E-state index contributed by atoms with van der Waals surface area (Å²) in [6.45, 7) is 6.16. The molecule has 1 aliphatic heterocycles. The average molecular weight is 186 g/mol. The van der Waals surface area contributed by atoms with Gasteiger partial charge in [0.25, 0.3) is 0 Å². The van der Waals surface area contributed by atoms with E-state index in [2.05, 4.69) is 22.2 Å². The summed E-state index contributed by atoms with van der Waals surface area (Å²) in [6, 6.07) is 0. The maximum atomic E-state index is 5.38. The van der Waals surface area contributed by atoms with Gasteiger partial charge in [-0.2, -0.15) is 0 Å². The van der Waals surface area contributed by atoms with E-state index in [-0.39, 0.29) is 0 Å². The summed E-state index contributed by atoms with van der Waals surface area (Å²) in [5.74, 6) is 6.16. The molecule has 1 saturated heterocycles. The van der Waals surface area contributed by atoms with E-state index in [0.717, 1.165) is 45.2 Å². The van der Waals surface area contributed by atoms with E-state index in [0.29, 0.717) is 0 Å². The van der Waals surface area contributed by atoms with Gasteiger partial charge in [0.1, 0.15) is 0 Å². The molecule has 0 unspecified atom stereocenters. The fourth-order valence-corrected chi connectivity index (χ4v) is 1.23. The van der Waals surface area contributed by atoms with Crippen molar-refractivity contribution in [3.63, 3.8) is 0 Å². The van der Waals surface area contributed by atoms with Crippen LogP contribution in [0.5, 0.6) is 0 Å². The first-order valence-electron chi connectivity index (χ1n) is 4.72. The standard InChI is InChI=1S/C8H18N4O/c1-2-3-10-8(11-9)12-4-6-13-7-5-12/h2-7,9H2,1H3,(H,10,11). The molecule has 1 fully saturated rings. The van der Waals surface area contributed by atoms with Crippen LogP contribution in [0.4, 0.5) is 0 Å². The maximum absolute atomic E-state index is 5.38. The first kappa shape index (κ1) is 10.3. The molecule has 0 spiro atoms. The van der Waals surface area contributed by atoms with Crippen molar-refractivity contribution in [1.29, 1.82) is 0 Å². The number of morpholine rings is 1. The van der Waals surface area contributed by atoms with E-state index in [4.69, 9.17) is 10.6 Å². The van der Waals surface area contributed by atoms with E-state index >= 15 is 0 Å². The lowest BCUT2D eigenvalue weighted by Crippen LogP contribution is -2.49. The van der Waals surface area contributed by atoms with Gasteiger partial charge in [-0.3, -0.25) is 10.4 Å². The van der Waals surface area contributed by atoms with E-state index in [1.165, 1.54) is 0 Å². The van der Waals surface area contributed by atoms with E-state index in [1.807, 2.05) is 0 Å². The molecule has 5 heteroatoms. The van der Waals surface area contributed by atoms with E-state index in [1.54, 1.807) is 0 Å². The number of aliphatic imine (C=N–C) groups is 1. The van der Waals surface area contributed by atoms with Gasteiger partial charge < -0.3 is 9.64 Å². The van der Waals surface area contributed by atoms with Crippen molar-refractivity contribution in [2.45, 2.75) is 13.3 Å². The lowest BCUT2D eigenvalue weighted by molar-refractivity contribution is 0.0664. The van der Waals surface area contributed by atoms with Gasteiger partial charge in [0.05, 0.1) is 13.2 Å². The lowest BCUT2D eigenvalue weighted by atomic mass is 10.4. The molecule has 0 bridgehead atoms. The van der Waals surface area contributed by atoms with Crippen LogP contribution < -0.4 is 11.3 Å². The number of guanidine groups is 1. The molecule has 1 aliphatic rings. The monoisotopic (exact) mass is 186 g/mol. The Hall–Kier alpha value is -0.810. The van der Waals surface area contributed by atoms with Crippen LogP contribution in [0.2, 0.25) is 0 Å². The third-order valence-corrected chi connectivity index (χ3v) is 1.92. The molecule has 0 amide bonds. The third kappa shape index (κ3) is 3.20. The minimum absolute atomic E-state index is 0.757.